The van der Waals surface area contributed by atoms with Crippen LogP contribution in [0.3, 0.4) is 0 Å². The summed E-state index contributed by atoms with van der Waals surface area (Å²) in [5, 5.41) is 3.44. The third-order valence-corrected chi connectivity index (χ3v) is 3.31. The van der Waals surface area contributed by atoms with Crippen LogP contribution in [0.25, 0.3) is 0 Å². The van der Waals surface area contributed by atoms with Crippen LogP contribution in [0.2, 0.25) is 10.0 Å². The van der Waals surface area contributed by atoms with Gasteiger partial charge in [-0.1, -0.05) is 41.4 Å². The minimum Gasteiger partial charge on any atom is -0.457 e. The maximum atomic E-state index is 6.22. The zero-order valence-corrected chi connectivity index (χ0v) is 13.8. The lowest BCUT2D eigenvalue weighted by Gasteiger charge is -2.12. The Kier molecular flexibility index (Phi) is 5.67. The van der Waals surface area contributed by atoms with Gasteiger partial charge < -0.3 is 21.5 Å². The Morgan fingerprint density at radius 2 is 1.65 bits per heavy atom. The summed E-state index contributed by atoms with van der Waals surface area (Å²) >= 11 is 12.4. The van der Waals surface area contributed by atoms with E-state index in [4.69, 9.17) is 39.4 Å². The molecule has 0 atom stereocenters. The second-order valence-electron chi connectivity index (χ2n) is 4.38. The summed E-state index contributed by atoms with van der Waals surface area (Å²) in [6.07, 6.45) is 0. The maximum absolute atomic E-state index is 6.22. The Balaban J connectivity index is 2.22. The number of hydrogen-bond donors (Lipinski definition) is 3. The zero-order chi connectivity index (χ0) is 16.8. The molecule has 0 bridgehead atoms. The molecule has 2 rings (SSSR count). The van der Waals surface area contributed by atoms with E-state index in [1.54, 1.807) is 12.1 Å². The number of rotatable bonds is 3. The number of guanidine groups is 2. The van der Waals surface area contributed by atoms with Crippen LogP contribution < -0.4 is 21.5 Å². The number of aliphatic imine (C=N–C) groups is 2. The summed E-state index contributed by atoms with van der Waals surface area (Å²) in [6, 6.07) is 12.5. The lowest BCUT2D eigenvalue weighted by molar-refractivity contribution is 0.483. The fraction of sp³-hybridized carbons (Fsp3) is 0.0667. The summed E-state index contributed by atoms with van der Waals surface area (Å²) in [6.45, 7) is 0. The Morgan fingerprint density at radius 3 is 2.22 bits per heavy atom. The zero-order valence-electron chi connectivity index (χ0n) is 12.3. The highest BCUT2D eigenvalue weighted by Crippen LogP contribution is 2.36. The molecule has 0 aromatic heterocycles. The number of nitrogens with one attached hydrogen (secondary N) is 1. The van der Waals surface area contributed by atoms with Gasteiger partial charge in [0, 0.05) is 19.2 Å². The van der Waals surface area contributed by atoms with Crippen LogP contribution in [0.15, 0.2) is 52.4 Å². The number of hydrogen-bond acceptors (Lipinski definition) is 2. The van der Waals surface area contributed by atoms with Crippen molar-refractivity contribution >= 4 is 40.8 Å². The summed E-state index contributed by atoms with van der Waals surface area (Å²) in [7, 11) is 1.50. The summed E-state index contributed by atoms with van der Waals surface area (Å²) in [5.74, 6) is 1.23. The summed E-state index contributed by atoms with van der Waals surface area (Å²) < 4.78 is 5.68. The molecule has 5 N–H and O–H groups in total. The molecule has 2 aromatic rings. The number of para-hydroxylation sites is 1. The van der Waals surface area contributed by atoms with Crippen molar-refractivity contribution in [3.05, 3.63) is 52.5 Å². The molecule has 0 fully saturated rings. The standard InChI is InChI=1S/C15H15Cl2N5O/c1-20-14(18)22-15(19)21-13-11(16)7-10(8-12(13)17)23-9-5-3-2-4-6-9/h2-8H,1H3,(H5,18,19,20,21,22). The predicted molar refractivity (Wildman–Crippen MR) is 95.8 cm³/mol. The van der Waals surface area contributed by atoms with E-state index in [1.807, 2.05) is 30.3 Å². The van der Waals surface area contributed by atoms with Crippen molar-refractivity contribution in [1.82, 2.24) is 0 Å². The van der Waals surface area contributed by atoms with Gasteiger partial charge in [-0.25, -0.2) is 0 Å². The molecule has 0 saturated carbocycles. The molecule has 8 heteroatoms. The van der Waals surface area contributed by atoms with Crippen LogP contribution in [0.5, 0.6) is 11.5 Å². The number of anilines is 1. The Hall–Kier alpha value is -2.44. The highest BCUT2D eigenvalue weighted by molar-refractivity contribution is 6.40. The van der Waals surface area contributed by atoms with Crippen LogP contribution in [0.1, 0.15) is 0 Å². The topological polar surface area (TPSA) is 98.0 Å². The first-order chi connectivity index (χ1) is 11.0. The SMILES string of the molecule is CN=C(N)N=C(N)Nc1c(Cl)cc(Oc2ccccc2)cc1Cl. The van der Waals surface area contributed by atoms with E-state index in [0.29, 0.717) is 27.2 Å². The summed E-state index contributed by atoms with van der Waals surface area (Å²) in [5.41, 5.74) is 11.6. The number of benzene rings is 2. The lowest BCUT2D eigenvalue weighted by Crippen LogP contribution is -2.26. The van der Waals surface area contributed by atoms with Gasteiger partial charge in [0.2, 0.25) is 11.9 Å². The van der Waals surface area contributed by atoms with Crippen molar-refractivity contribution in [2.75, 3.05) is 12.4 Å². The highest BCUT2D eigenvalue weighted by atomic mass is 35.5. The molecular formula is C15H15Cl2N5O. The van der Waals surface area contributed by atoms with E-state index in [9.17, 15) is 0 Å². The molecule has 0 spiro atoms. The normalized spacial score (nSPS) is 12.1. The quantitative estimate of drug-likeness (QED) is 0.582. The van der Waals surface area contributed by atoms with Crippen molar-refractivity contribution in [2.24, 2.45) is 21.5 Å². The number of halogens is 2. The molecule has 0 amide bonds. The van der Waals surface area contributed by atoms with Gasteiger partial charge in [0.05, 0.1) is 15.7 Å². The predicted octanol–water partition coefficient (Wildman–Crippen LogP) is 3.46. The van der Waals surface area contributed by atoms with E-state index in [1.165, 1.54) is 7.05 Å². The van der Waals surface area contributed by atoms with Crippen molar-refractivity contribution in [3.8, 4) is 11.5 Å². The Labute approximate surface area is 143 Å². The number of nitrogens with zero attached hydrogens (tertiary/aromatic N) is 2. The molecular weight excluding hydrogens is 337 g/mol. The molecule has 0 radical (unpaired) electrons. The fourth-order valence-corrected chi connectivity index (χ4v) is 2.24. The van der Waals surface area contributed by atoms with Crippen molar-refractivity contribution in [1.29, 1.82) is 0 Å². The van der Waals surface area contributed by atoms with E-state index in [2.05, 4.69) is 15.3 Å². The maximum Gasteiger partial charge on any atom is 0.218 e. The molecule has 0 aliphatic rings. The molecule has 0 unspecified atom stereocenters. The van der Waals surface area contributed by atoms with Gasteiger partial charge >= 0.3 is 0 Å². The van der Waals surface area contributed by atoms with Crippen molar-refractivity contribution in [2.45, 2.75) is 0 Å². The van der Waals surface area contributed by atoms with Gasteiger partial charge in [-0.2, -0.15) is 4.99 Å². The van der Waals surface area contributed by atoms with Gasteiger partial charge in [0.15, 0.2) is 0 Å². The molecule has 120 valence electrons. The minimum atomic E-state index is 0.0219. The lowest BCUT2D eigenvalue weighted by atomic mass is 10.3. The second kappa shape index (κ2) is 7.71. The number of nitrogens with two attached hydrogens (primary N) is 2. The van der Waals surface area contributed by atoms with Crippen molar-refractivity contribution < 1.29 is 4.74 Å². The van der Waals surface area contributed by atoms with Crippen LogP contribution in [-0.4, -0.2) is 19.0 Å². The highest BCUT2D eigenvalue weighted by Gasteiger charge is 2.11. The van der Waals surface area contributed by atoms with E-state index < -0.39 is 0 Å². The van der Waals surface area contributed by atoms with Gasteiger partial charge in [0.25, 0.3) is 0 Å². The average Bonchev–Trinajstić information content (AvgIpc) is 2.52. The van der Waals surface area contributed by atoms with E-state index in [0.717, 1.165) is 0 Å². The molecule has 2 aromatic carbocycles. The first-order valence-corrected chi connectivity index (χ1v) is 7.30. The minimum absolute atomic E-state index is 0.0219. The Bertz CT molecular complexity index is 724. The van der Waals surface area contributed by atoms with Gasteiger partial charge in [-0.05, 0) is 12.1 Å². The first-order valence-electron chi connectivity index (χ1n) is 6.55. The first kappa shape index (κ1) is 16.9. The Morgan fingerprint density at radius 1 is 1.04 bits per heavy atom. The van der Waals surface area contributed by atoms with Gasteiger partial charge in [0.1, 0.15) is 11.5 Å². The fourth-order valence-electron chi connectivity index (χ4n) is 1.68. The van der Waals surface area contributed by atoms with Crippen LogP contribution in [0.4, 0.5) is 5.69 Å². The molecule has 6 nitrogen and oxygen atoms in total. The number of ether oxygens (including phenoxy) is 1. The largest absolute Gasteiger partial charge is 0.457 e. The van der Waals surface area contributed by atoms with Gasteiger partial charge in [-0.15, -0.1) is 0 Å². The average molecular weight is 352 g/mol. The molecule has 23 heavy (non-hydrogen) atoms. The van der Waals surface area contributed by atoms with E-state index in [-0.39, 0.29) is 11.9 Å². The second-order valence-corrected chi connectivity index (χ2v) is 5.20. The van der Waals surface area contributed by atoms with Crippen LogP contribution >= 0.6 is 23.2 Å². The smallest absolute Gasteiger partial charge is 0.218 e. The molecule has 0 heterocycles. The van der Waals surface area contributed by atoms with Gasteiger partial charge in [-0.3, -0.25) is 4.99 Å². The van der Waals surface area contributed by atoms with E-state index >= 15 is 0 Å². The van der Waals surface area contributed by atoms with Crippen LogP contribution in [-0.2, 0) is 0 Å². The molecule has 0 aliphatic heterocycles. The van der Waals surface area contributed by atoms with Crippen molar-refractivity contribution in [3.63, 3.8) is 0 Å². The summed E-state index contributed by atoms with van der Waals surface area (Å²) in [4.78, 5) is 7.50. The van der Waals surface area contributed by atoms with Crippen LogP contribution in [0, 0.1) is 0 Å². The monoisotopic (exact) mass is 351 g/mol. The third kappa shape index (κ3) is 4.77. The molecule has 0 saturated heterocycles. The molecule has 0 aliphatic carbocycles. The third-order valence-electron chi connectivity index (χ3n) is 2.71.